The van der Waals surface area contributed by atoms with Crippen molar-refractivity contribution in [2.24, 2.45) is 11.8 Å². The SMILES string of the molecule is CC(OC(=O)C1CC1C)C(=O)Nc1ccc(OCc2ccccc2)cc1. The lowest BCUT2D eigenvalue weighted by Gasteiger charge is -2.14. The molecule has 1 saturated carbocycles. The molecule has 3 unspecified atom stereocenters. The molecule has 0 spiro atoms. The number of nitrogens with one attached hydrogen (secondary N) is 1. The summed E-state index contributed by atoms with van der Waals surface area (Å²) >= 11 is 0. The van der Waals surface area contributed by atoms with Crippen molar-refractivity contribution < 1.29 is 19.1 Å². The highest BCUT2D eigenvalue weighted by atomic mass is 16.5. The van der Waals surface area contributed by atoms with Crippen LogP contribution in [0.3, 0.4) is 0 Å². The number of hydrogen-bond acceptors (Lipinski definition) is 4. The molecular weight excluding hydrogens is 330 g/mol. The standard InChI is InChI=1S/C21H23NO4/c1-14-12-19(14)21(24)26-15(2)20(23)22-17-8-10-18(11-9-17)25-13-16-6-4-3-5-7-16/h3-11,14-15,19H,12-13H2,1-2H3,(H,22,23). The number of ether oxygens (including phenoxy) is 2. The van der Waals surface area contributed by atoms with Crippen LogP contribution in [0.4, 0.5) is 5.69 Å². The topological polar surface area (TPSA) is 64.6 Å². The predicted octanol–water partition coefficient (Wildman–Crippen LogP) is 3.79. The van der Waals surface area contributed by atoms with Crippen LogP contribution in [0.25, 0.3) is 0 Å². The largest absolute Gasteiger partial charge is 0.489 e. The first-order valence-electron chi connectivity index (χ1n) is 8.81. The van der Waals surface area contributed by atoms with Crippen molar-refractivity contribution in [3.63, 3.8) is 0 Å². The summed E-state index contributed by atoms with van der Waals surface area (Å²) < 4.78 is 10.9. The summed E-state index contributed by atoms with van der Waals surface area (Å²) in [7, 11) is 0. The molecule has 0 bridgehead atoms. The van der Waals surface area contributed by atoms with E-state index in [9.17, 15) is 9.59 Å². The Balaban J connectivity index is 1.47. The number of benzene rings is 2. The maximum Gasteiger partial charge on any atom is 0.309 e. The molecule has 0 aromatic heterocycles. The minimum atomic E-state index is -0.815. The molecule has 1 N–H and O–H groups in total. The molecule has 0 aliphatic heterocycles. The van der Waals surface area contributed by atoms with Crippen molar-refractivity contribution in [1.29, 1.82) is 0 Å². The third-order valence-corrected chi connectivity index (χ3v) is 4.44. The zero-order valence-electron chi connectivity index (χ0n) is 15.0. The zero-order valence-corrected chi connectivity index (χ0v) is 15.0. The Bertz CT molecular complexity index is 757. The van der Waals surface area contributed by atoms with Gasteiger partial charge in [0.05, 0.1) is 5.92 Å². The van der Waals surface area contributed by atoms with Crippen LogP contribution in [0.2, 0.25) is 0 Å². The van der Waals surface area contributed by atoms with Crippen LogP contribution in [0, 0.1) is 11.8 Å². The van der Waals surface area contributed by atoms with Gasteiger partial charge in [0.25, 0.3) is 5.91 Å². The van der Waals surface area contributed by atoms with Crippen LogP contribution in [0.5, 0.6) is 5.75 Å². The minimum Gasteiger partial charge on any atom is -0.489 e. The Morgan fingerprint density at radius 2 is 1.77 bits per heavy atom. The molecule has 136 valence electrons. The summed E-state index contributed by atoms with van der Waals surface area (Å²) in [5.74, 6) is 0.399. The highest BCUT2D eigenvalue weighted by molar-refractivity contribution is 5.95. The second-order valence-corrected chi connectivity index (χ2v) is 6.69. The van der Waals surface area contributed by atoms with E-state index in [2.05, 4.69) is 5.32 Å². The van der Waals surface area contributed by atoms with Crippen LogP contribution in [-0.4, -0.2) is 18.0 Å². The molecule has 1 aliphatic rings. The van der Waals surface area contributed by atoms with E-state index in [0.29, 0.717) is 24.0 Å². The van der Waals surface area contributed by atoms with Crippen LogP contribution in [0.15, 0.2) is 54.6 Å². The molecule has 1 fully saturated rings. The summed E-state index contributed by atoms with van der Waals surface area (Å²) in [6.07, 6.45) is 0.0294. The van der Waals surface area contributed by atoms with Crippen molar-refractivity contribution in [3.05, 3.63) is 60.2 Å². The number of carbonyl (C=O) groups is 2. The number of hydrogen-bond donors (Lipinski definition) is 1. The summed E-state index contributed by atoms with van der Waals surface area (Å²) in [6, 6.07) is 17.0. The van der Waals surface area contributed by atoms with E-state index in [1.54, 1.807) is 31.2 Å². The van der Waals surface area contributed by atoms with Gasteiger partial charge in [-0.25, -0.2) is 0 Å². The molecule has 1 amide bonds. The van der Waals surface area contributed by atoms with E-state index < -0.39 is 6.10 Å². The number of amides is 1. The molecular formula is C21H23NO4. The average Bonchev–Trinajstić information content (AvgIpc) is 3.39. The molecule has 2 aromatic rings. The van der Waals surface area contributed by atoms with Crippen molar-refractivity contribution in [1.82, 2.24) is 0 Å². The predicted molar refractivity (Wildman–Crippen MR) is 98.7 cm³/mol. The van der Waals surface area contributed by atoms with E-state index >= 15 is 0 Å². The molecule has 0 saturated heterocycles. The van der Waals surface area contributed by atoms with Crippen molar-refractivity contribution in [3.8, 4) is 5.75 Å². The molecule has 0 radical (unpaired) electrons. The van der Waals surface area contributed by atoms with Gasteiger partial charge in [0.2, 0.25) is 0 Å². The highest BCUT2D eigenvalue weighted by Crippen LogP contribution is 2.38. The molecule has 5 nitrogen and oxygen atoms in total. The Kier molecular flexibility index (Phi) is 5.56. The second kappa shape index (κ2) is 8.04. The van der Waals surface area contributed by atoms with Crippen LogP contribution in [-0.2, 0) is 20.9 Å². The van der Waals surface area contributed by atoms with E-state index in [1.807, 2.05) is 37.3 Å². The monoisotopic (exact) mass is 353 g/mol. The molecule has 5 heteroatoms. The first-order valence-corrected chi connectivity index (χ1v) is 8.81. The van der Waals surface area contributed by atoms with Crippen molar-refractivity contribution in [2.45, 2.75) is 33.0 Å². The van der Waals surface area contributed by atoms with Crippen molar-refractivity contribution >= 4 is 17.6 Å². The Labute approximate surface area is 153 Å². The lowest BCUT2D eigenvalue weighted by atomic mass is 10.2. The van der Waals surface area contributed by atoms with Gasteiger partial charge in [-0.3, -0.25) is 9.59 Å². The van der Waals surface area contributed by atoms with Gasteiger partial charge in [-0.05, 0) is 49.1 Å². The number of rotatable bonds is 7. The quantitative estimate of drug-likeness (QED) is 0.769. The third-order valence-electron chi connectivity index (χ3n) is 4.44. The van der Waals surface area contributed by atoms with Crippen LogP contribution < -0.4 is 10.1 Å². The lowest BCUT2D eigenvalue weighted by molar-refractivity contribution is -0.154. The maximum absolute atomic E-state index is 12.1. The van der Waals surface area contributed by atoms with E-state index in [0.717, 1.165) is 12.0 Å². The van der Waals surface area contributed by atoms with Gasteiger partial charge < -0.3 is 14.8 Å². The molecule has 2 aromatic carbocycles. The van der Waals surface area contributed by atoms with Gasteiger partial charge in [0.1, 0.15) is 12.4 Å². The molecule has 26 heavy (non-hydrogen) atoms. The fourth-order valence-corrected chi connectivity index (χ4v) is 2.58. The van der Waals surface area contributed by atoms with Gasteiger partial charge in [0.15, 0.2) is 6.10 Å². The van der Waals surface area contributed by atoms with E-state index in [-0.39, 0.29) is 17.8 Å². The summed E-state index contributed by atoms with van der Waals surface area (Å²) in [5, 5.41) is 2.75. The average molecular weight is 353 g/mol. The van der Waals surface area contributed by atoms with E-state index in [1.165, 1.54) is 0 Å². The fraction of sp³-hybridized carbons (Fsp3) is 0.333. The first kappa shape index (κ1) is 18.0. The number of carbonyl (C=O) groups excluding carboxylic acids is 2. The van der Waals surface area contributed by atoms with Crippen molar-refractivity contribution in [2.75, 3.05) is 5.32 Å². The second-order valence-electron chi connectivity index (χ2n) is 6.69. The van der Waals surface area contributed by atoms with Gasteiger partial charge in [0, 0.05) is 5.69 Å². The smallest absolute Gasteiger partial charge is 0.309 e. The lowest BCUT2D eigenvalue weighted by Crippen LogP contribution is -2.30. The Hall–Kier alpha value is -2.82. The maximum atomic E-state index is 12.1. The van der Waals surface area contributed by atoms with Gasteiger partial charge in [-0.15, -0.1) is 0 Å². The fourth-order valence-electron chi connectivity index (χ4n) is 2.58. The Morgan fingerprint density at radius 3 is 2.38 bits per heavy atom. The highest BCUT2D eigenvalue weighted by Gasteiger charge is 2.41. The summed E-state index contributed by atoms with van der Waals surface area (Å²) in [6.45, 7) is 4.06. The summed E-state index contributed by atoms with van der Waals surface area (Å²) in [5.41, 5.74) is 1.72. The number of esters is 1. The minimum absolute atomic E-state index is 0.0497. The Morgan fingerprint density at radius 1 is 1.12 bits per heavy atom. The molecule has 3 atom stereocenters. The van der Waals surface area contributed by atoms with E-state index in [4.69, 9.17) is 9.47 Å². The number of anilines is 1. The molecule has 0 heterocycles. The van der Waals surface area contributed by atoms with Crippen LogP contribution >= 0.6 is 0 Å². The normalized spacial score (nSPS) is 19.3. The van der Waals surface area contributed by atoms with Gasteiger partial charge in [-0.1, -0.05) is 37.3 Å². The van der Waals surface area contributed by atoms with Crippen LogP contribution in [0.1, 0.15) is 25.8 Å². The first-order chi connectivity index (χ1) is 12.5. The molecule has 3 rings (SSSR count). The third kappa shape index (κ3) is 4.85. The molecule has 1 aliphatic carbocycles. The van der Waals surface area contributed by atoms with Gasteiger partial charge >= 0.3 is 5.97 Å². The van der Waals surface area contributed by atoms with Gasteiger partial charge in [-0.2, -0.15) is 0 Å². The summed E-state index contributed by atoms with van der Waals surface area (Å²) in [4.78, 5) is 23.9. The zero-order chi connectivity index (χ0) is 18.5.